The van der Waals surface area contributed by atoms with Gasteiger partial charge in [0.2, 0.25) is 17.6 Å². The van der Waals surface area contributed by atoms with E-state index >= 15 is 0 Å². The van der Waals surface area contributed by atoms with Crippen molar-refractivity contribution in [2.24, 2.45) is 11.1 Å². The van der Waals surface area contributed by atoms with Gasteiger partial charge in [0.25, 0.3) is 0 Å². The molecule has 3 rings (SSSR count). The molecule has 2 aromatic rings. The molecule has 0 bridgehead atoms. The first-order chi connectivity index (χ1) is 12.0. The number of nitrogens with zero attached hydrogens (tertiary/aromatic N) is 2. The molecule has 0 aliphatic carbocycles. The zero-order chi connectivity index (χ0) is 17.9. The van der Waals surface area contributed by atoms with Crippen molar-refractivity contribution in [1.82, 2.24) is 15.5 Å². The minimum atomic E-state index is -0.627. The number of hydrogen-bond acceptors (Lipinski definition) is 6. The SMILES string of the molecule is CC(NC(=O)C1(CN)CCOCC1)c1nc(-c2cccc(F)c2)no1. The maximum absolute atomic E-state index is 13.3. The van der Waals surface area contributed by atoms with E-state index in [4.69, 9.17) is 15.0 Å². The summed E-state index contributed by atoms with van der Waals surface area (Å²) in [6.07, 6.45) is 1.17. The van der Waals surface area contributed by atoms with Gasteiger partial charge in [0.05, 0.1) is 5.41 Å². The Kier molecular flexibility index (Phi) is 5.10. The van der Waals surface area contributed by atoms with Crippen molar-refractivity contribution in [1.29, 1.82) is 0 Å². The Morgan fingerprint density at radius 1 is 1.44 bits per heavy atom. The number of halogens is 1. The highest BCUT2D eigenvalue weighted by atomic mass is 19.1. The van der Waals surface area contributed by atoms with Crippen molar-refractivity contribution in [3.05, 3.63) is 36.0 Å². The van der Waals surface area contributed by atoms with Gasteiger partial charge in [-0.15, -0.1) is 0 Å². The normalized spacial score (nSPS) is 17.9. The highest BCUT2D eigenvalue weighted by molar-refractivity contribution is 5.83. The molecule has 0 radical (unpaired) electrons. The molecular weight excluding hydrogens is 327 g/mol. The number of nitrogens with one attached hydrogen (secondary N) is 1. The smallest absolute Gasteiger partial charge is 0.249 e. The summed E-state index contributed by atoms with van der Waals surface area (Å²) in [5.74, 6) is 0.00737. The van der Waals surface area contributed by atoms with Crippen molar-refractivity contribution in [2.75, 3.05) is 19.8 Å². The lowest BCUT2D eigenvalue weighted by Gasteiger charge is -2.35. The molecule has 1 saturated heterocycles. The average molecular weight is 348 g/mol. The molecule has 3 N–H and O–H groups in total. The molecule has 134 valence electrons. The predicted octanol–water partition coefficient (Wildman–Crippen LogP) is 1.81. The summed E-state index contributed by atoms with van der Waals surface area (Å²) in [6, 6.07) is 5.44. The van der Waals surface area contributed by atoms with E-state index in [0.29, 0.717) is 31.6 Å². The highest BCUT2D eigenvalue weighted by Crippen LogP contribution is 2.30. The number of carbonyl (C=O) groups is 1. The van der Waals surface area contributed by atoms with Crippen LogP contribution in [0, 0.1) is 11.2 Å². The van der Waals surface area contributed by atoms with Crippen molar-refractivity contribution >= 4 is 5.91 Å². The zero-order valence-electron chi connectivity index (χ0n) is 14.0. The van der Waals surface area contributed by atoms with Crippen LogP contribution in [-0.4, -0.2) is 35.8 Å². The van der Waals surface area contributed by atoms with Crippen molar-refractivity contribution in [2.45, 2.75) is 25.8 Å². The van der Waals surface area contributed by atoms with Crippen LogP contribution in [0.25, 0.3) is 11.4 Å². The minimum absolute atomic E-state index is 0.142. The maximum atomic E-state index is 13.3. The molecule has 0 saturated carbocycles. The Balaban J connectivity index is 1.71. The Morgan fingerprint density at radius 2 is 2.20 bits per heavy atom. The van der Waals surface area contributed by atoms with Gasteiger partial charge < -0.3 is 20.3 Å². The Labute approximate surface area is 144 Å². The molecule has 1 amide bonds. The molecule has 1 aliphatic rings. The lowest BCUT2D eigenvalue weighted by Crippen LogP contribution is -2.49. The second kappa shape index (κ2) is 7.28. The molecule has 8 heteroatoms. The van der Waals surface area contributed by atoms with E-state index in [1.54, 1.807) is 19.1 Å². The van der Waals surface area contributed by atoms with E-state index in [1.807, 2.05) is 0 Å². The van der Waals surface area contributed by atoms with Gasteiger partial charge in [0, 0.05) is 25.3 Å². The lowest BCUT2D eigenvalue weighted by molar-refractivity contribution is -0.136. The molecule has 1 aromatic carbocycles. The molecule has 2 heterocycles. The molecule has 1 aromatic heterocycles. The third kappa shape index (κ3) is 3.69. The van der Waals surface area contributed by atoms with Gasteiger partial charge in [-0.25, -0.2) is 4.39 Å². The third-order valence-corrected chi connectivity index (χ3v) is 4.56. The molecule has 1 aliphatic heterocycles. The monoisotopic (exact) mass is 348 g/mol. The number of aromatic nitrogens is 2. The van der Waals surface area contributed by atoms with Crippen LogP contribution in [0.3, 0.4) is 0 Å². The second-order valence-electron chi connectivity index (χ2n) is 6.26. The fourth-order valence-electron chi connectivity index (χ4n) is 2.85. The summed E-state index contributed by atoms with van der Waals surface area (Å²) in [5, 5.41) is 6.75. The highest BCUT2D eigenvalue weighted by Gasteiger charge is 2.39. The fraction of sp³-hybridized carbons (Fsp3) is 0.471. The standard InChI is InChI=1S/C17H21FN4O3/c1-11(20-16(23)17(10-19)5-7-24-8-6-17)15-21-14(22-25-15)12-3-2-4-13(18)9-12/h2-4,9,11H,5-8,10,19H2,1H3,(H,20,23). The predicted molar refractivity (Wildman–Crippen MR) is 87.8 cm³/mol. The van der Waals surface area contributed by atoms with Crippen molar-refractivity contribution < 1.29 is 18.4 Å². The Hall–Kier alpha value is -2.32. The van der Waals surface area contributed by atoms with Crippen LogP contribution < -0.4 is 11.1 Å². The summed E-state index contributed by atoms with van der Waals surface area (Å²) in [6.45, 7) is 3.05. The van der Waals surface area contributed by atoms with E-state index in [2.05, 4.69) is 15.5 Å². The van der Waals surface area contributed by atoms with Crippen LogP contribution in [0.2, 0.25) is 0 Å². The van der Waals surface area contributed by atoms with Crippen LogP contribution in [0.4, 0.5) is 4.39 Å². The van der Waals surface area contributed by atoms with E-state index in [1.165, 1.54) is 12.1 Å². The summed E-state index contributed by atoms with van der Waals surface area (Å²) in [5.41, 5.74) is 5.73. The Bertz CT molecular complexity index is 743. The molecule has 1 unspecified atom stereocenters. The van der Waals surface area contributed by atoms with E-state index in [0.717, 1.165) is 0 Å². The Morgan fingerprint density at radius 3 is 2.88 bits per heavy atom. The van der Waals surface area contributed by atoms with Gasteiger partial charge in [-0.1, -0.05) is 17.3 Å². The zero-order valence-corrected chi connectivity index (χ0v) is 14.0. The summed E-state index contributed by atoms with van der Waals surface area (Å²) in [7, 11) is 0. The van der Waals surface area contributed by atoms with Crippen molar-refractivity contribution in [3.63, 3.8) is 0 Å². The van der Waals surface area contributed by atoms with Gasteiger partial charge in [0.1, 0.15) is 11.9 Å². The first-order valence-corrected chi connectivity index (χ1v) is 8.22. The van der Waals surface area contributed by atoms with Gasteiger partial charge in [-0.05, 0) is 31.9 Å². The minimum Gasteiger partial charge on any atom is -0.381 e. The summed E-state index contributed by atoms with van der Waals surface area (Å²) < 4.78 is 23.9. The number of hydrogen-bond donors (Lipinski definition) is 2. The van der Waals surface area contributed by atoms with Crippen LogP contribution in [-0.2, 0) is 9.53 Å². The second-order valence-corrected chi connectivity index (χ2v) is 6.26. The number of benzene rings is 1. The quantitative estimate of drug-likeness (QED) is 0.854. The van der Waals surface area contributed by atoms with E-state index in [-0.39, 0.29) is 30.0 Å². The number of amides is 1. The number of nitrogens with two attached hydrogens (primary N) is 1. The average Bonchev–Trinajstić information content (AvgIpc) is 3.12. The van der Waals surface area contributed by atoms with Crippen molar-refractivity contribution in [3.8, 4) is 11.4 Å². The largest absolute Gasteiger partial charge is 0.381 e. The summed E-state index contributed by atoms with van der Waals surface area (Å²) in [4.78, 5) is 16.9. The first-order valence-electron chi connectivity index (χ1n) is 8.22. The maximum Gasteiger partial charge on any atom is 0.249 e. The number of rotatable bonds is 5. The fourth-order valence-corrected chi connectivity index (χ4v) is 2.85. The van der Waals surface area contributed by atoms with Gasteiger partial charge in [0.15, 0.2) is 0 Å². The van der Waals surface area contributed by atoms with Gasteiger partial charge in [-0.3, -0.25) is 4.79 Å². The van der Waals surface area contributed by atoms with Crippen LogP contribution in [0.5, 0.6) is 0 Å². The van der Waals surface area contributed by atoms with Gasteiger partial charge in [-0.2, -0.15) is 4.98 Å². The molecule has 0 spiro atoms. The molecule has 25 heavy (non-hydrogen) atoms. The molecule has 1 atom stereocenters. The lowest BCUT2D eigenvalue weighted by atomic mass is 9.79. The third-order valence-electron chi connectivity index (χ3n) is 4.56. The van der Waals surface area contributed by atoms with Crippen LogP contribution in [0.15, 0.2) is 28.8 Å². The van der Waals surface area contributed by atoms with Gasteiger partial charge >= 0.3 is 0 Å². The topological polar surface area (TPSA) is 103 Å². The summed E-state index contributed by atoms with van der Waals surface area (Å²) >= 11 is 0. The van der Waals surface area contributed by atoms with E-state index in [9.17, 15) is 9.18 Å². The molecule has 1 fully saturated rings. The van der Waals surface area contributed by atoms with Crippen LogP contribution >= 0.6 is 0 Å². The first kappa shape index (κ1) is 17.5. The number of carbonyl (C=O) groups excluding carboxylic acids is 1. The van der Waals surface area contributed by atoms with Crippen LogP contribution in [0.1, 0.15) is 31.7 Å². The molecular formula is C17H21FN4O3. The van der Waals surface area contributed by atoms with E-state index < -0.39 is 11.5 Å². The number of ether oxygens (including phenoxy) is 1. The molecule has 7 nitrogen and oxygen atoms in total.